The van der Waals surface area contributed by atoms with Gasteiger partial charge in [0.25, 0.3) is 0 Å². The van der Waals surface area contributed by atoms with Gasteiger partial charge in [-0.1, -0.05) is 23.7 Å². The number of rotatable bonds is 6. The Morgan fingerprint density at radius 1 is 1.14 bits per heavy atom. The van der Waals surface area contributed by atoms with Crippen molar-refractivity contribution in [2.75, 3.05) is 13.7 Å². The number of hydrogen-bond donors (Lipinski definition) is 0. The van der Waals surface area contributed by atoms with E-state index in [1.54, 1.807) is 13.0 Å². The number of ether oxygens (including phenoxy) is 3. The number of methoxy groups -OCH3 is 1. The van der Waals surface area contributed by atoms with Gasteiger partial charge in [0.05, 0.1) is 36.4 Å². The highest BCUT2D eigenvalue weighted by atomic mass is 35.5. The van der Waals surface area contributed by atoms with Gasteiger partial charge >= 0.3 is 18.1 Å². The molecule has 2 heterocycles. The number of aromatic nitrogens is 3. The Labute approximate surface area is 213 Å². The van der Waals surface area contributed by atoms with Crippen molar-refractivity contribution < 1.29 is 41.0 Å². The molecule has 2 atom stereocenters. The quantitative estimate of drug-likeness (QED) is 0.272. The lowest BCUT2D eigenvalue weighted by Crippen LogP contribution is -2.19. The van der Waals surface area contributed by atoms with Gasteiger partial charge < -0.3 is 14.2 Å². The van der Waals surface area contributed by atoms with Crippen LogP contribution in [0.5, 0.6) is 5.75 Å². The Hall–Kier alpha value is -3.25. The molecule has 0 bridgehead atoms. The van der Waals surface area contributed by atoms with Gasteiger partial charge in [0.2, 0.25) is 5.82 Å². The van der Waals surface area contributed by atoms with Crippen molar-refractivity contribution in [3.8, 4) is 11.4 Å². The first-order valence-corrected chi connectivity index (χ1v) is 11.4. The molecule has 0 N–H and O–H groups in total. The van der Waals surface area contributed by atoms with Crippen LogP contribution in [0.1, 0.15) is 60.8 Å². The minimum Gasteiger partial charge on any atom is -0.495 e. The number of esters is 1. The molecule has 0 fully saturated rings. The number of carbonyl (C=O) groups is 1. The van der Waals surface area contributed by atoms with Gasteiger partial charge in [-0.2, -0.15) is 22.0 Å². The molecule has 0 aliphatic carbocycles. The number of fused-ring (bicyclic) bond motifs is 3. The van der Waals surface area contributed by atoms with Crippen molar-refractivity contribution in [2.45, 2.75) is 44.6 Å². The standard InChI is InChI=1S/C24H21ClF5N3O4/c1-4-36-18(34)11-17-21-31-32-22(23(2,26)27)33(21)15-9-8-12(24(28,29)30)10-14(15)20(37-17)13-6-5-7-16(35-3)19(13)25/h5-10,17,20H,4,11H2,1-3H3. The Morgan fingerprint density at radius 3 is 2.49 bits per heavy atom. The van der Waals surface area contributed by atoms with E-state index in [1.807, 2.05) is 0 Å². The molecule has 0 saturated carbocycles. The molecule has 0 radical (unpaired) electrons. The highest BCUT2D eigenvalue weighted by Gasteiger charge is 2.42. The van der Waals surface area contributed by atoms with Crippen molar-refractivity contribution in [3.63, 3.8) is 0 Å². The monoisotopic (exact) mass is 545 g/mol. The fourth-order valence-electron chi connectivity index (χ4n) is 4.11. The van der Waals surface area contributed by atoms with Gasteiger partial charge in [-0.3, -0.25) is 9.36 Å². The summed E-state index contributed by atoms with van der Waals surface area (Å²) in [6, 6.07) is 7.18. The van der Waals surface area contributed by atoms with Crippen LogP contribution in [0.15, 0.2) is 36.4 Å². The minimum atomic E-state index is -4.75. The van der Waals surface area contributed by atoms with E-state index in [0.29, 0.717) is 6.92 Å². The second-order valence-corrected chi connectivity index (χ2v) is 8.63. The highest BCUT2D eigenvalue weighted by molar-refractivity contribution is 6.32. The third-order valence-corrected chi connectivity index (χ3v) is 6.10. The normalized spacial score (nSPS) is 17.5. The van der Waals surface area contributed by atoms with Crippen LogP contribution >= 0.6 is 11.6 Å². The third-order valence-electron chi connectivity index (χ3n) is 5.70. The molecule has 1 aliphatic rings. The SMILES string of the molecule is CCOC(=O)CC1OC(c2cccc(OC)c2Cl)c2cc(C(F)(F)F)ccc2-n2c1nnc2C(C)(F)F. The van der Waals surface area contributed by atoms with E-state index in [4.69, 9.17) is 25.8 Å². The van der Waals surface area contributed by atoms with Crippen LogP contribution in [-0.4, -0.2) is 34.5 Å². The van der Waals surface area contributed by atoms with Gasteiger partial charge in [-0.15, -0.1) is 10.2 Å². The predicted molar refractivity (Wildman–Crippen MR) is 121 cm³/mol. The Morgan fingerprint density at radius 2 is 1.86 bits per heavy atom. The molecular formula is C24H21ClF5N3O4. The van der Waals surface area contributed by atoms with E-state index < -0.39 is 48.1 Å². The summed E-state index contributed by atoms with van der Waals surface area (Å²) in [5, 5.41) is 7.48. The lowest BCUT2D eigenvalue weighted by atomic mass is 9.96. The zero-order chi connectivity index (χ0) is 27.1. The zero-order valence-corrected chi connectivity index (χ0v) is 20.5. The van der Waals surface area contributed by atoms with Crippen LogP contribution in [-0.2, 0) is 26.4 Å². The molecule has 37 heavy (non-hydrogen) atoms. The van der Waals surface area contributed by atoms with E-state index in [9.17, 15) is 26.7 Å². The molecule has 3 aromatic rings. The van der Waals surface area contributed by atoms with Crippen LogP contribution < -0.4 is 4.74 Å². The zero-order valence-electron chi connectivity index (χ0n) is 19.8. The summed E-state index contributed by atoms with van der Waals surface area (Å²) in [4.78, 5) is 12.4. The molecule has 4 rings (SSSR count). The fraction of sp³-hybridized carbons (Fsp3) is 0.375. The molecule has 2 aromatic carbocycles. The van der Waals surface area contributed by atoms with Crippen LogP contribution in [0.25, 0.3) is 5.69 Å². The molecule has 198 valence electrons. The van der Waals surface area contributed by atoms with Crippen LogP contribution in [0.3, 0.4) is 0 Å². The lowest BCUT2D eigenvalue weighted by Gasteiger charge is -2.24. The molecule has 0 spiro atoms. The summed E-state index contributed by atoms with van der Waals surface area (Å²) in [7, 11) is 1.36. The lowest BCUT2D eigenvalue weighted by molar-refractivity contribution is -0.147. The van der Waals surface area contributed by atoms with Gasteiger partial charge in [-0.05, 0) is 31.2 Å². The summed E-state index contributed by atoms with van der Waals surface area (Å²) in [5.74, 6) is -5.09. The van der Waals surface area contributed by atoms with Crippen LogP contribution in [0.4, 0.5) is 22.0 Å². The van der Waals surface area contributed by atoms with E-state index in [0.717, 1.165) is 22.8 Å². The maximum atomic E-state index is 14.6. The number of nitrogens with zero attached hydrogens (tertiary/aromatic N) is 3. The van der Waals surface area contributed by atoms with Gasteiger partial charge in [0, 0.05) is 18.1 Å². The van der Waals surface area contributed by atoms with Gasteiger partial charge in [0.1, 0.15) is 18.0 Å². The first-order valence-electron chi connectivity index (χ1n) is 11.0. The first-order chi connectivity index (χ1) is 17.4. The van der Waals surface area contributed by atoms with Crippen molar-refractivity contribution in [1.29, 1.82) is 0 Å². The molecule has 1 aliphatic heterocycles. The van der Waals surface area contributed by atoms with Crippen molar-refractivity contribution in [3.05, 3.63) is 69.8 Å². The average Bonchev–Trinajstić information content (AvgIpc) is 3.22. The van der Waals surface area contributed by atoms with Crippen molar-refractivity contribution in [2.24, 2.45) is 0 Å². The van der Waals surface area contributed by atoms with E-state index in [-0.39, 0.29) is 40.0 Å². The van der Waals surface area contributed by atoms with E-state index in [2.05, 4.69) is 10.2 Å². The summed E-state index contributed by atoms with van der Waals surface area (Å²) in [5.41, 5.74) is -1.07. The first kappa shape index (κ1) is 26.8. The smallest absolute Gasteiger partial charge is 0.416 e. The third kappa shape index (κ3) is 5.12. The highest BCUT2D eigenvalue weighted by Crippen LogP contribution is 2.47. The Bertz CT molecular complexity index is 1320. The maximum absolute atomic E-state index is 14.6. The van der Waals surface area contributed by atoms with E-state index in [1.165, 1.54) is 19.2 Å². The summed E-state index contributed by atoms with van der Waals surface area (Å²) in [6.07, 6.45) is -7.88. The van der Waals surface area contributed by atoms with Crippen molar-refractivity contribution >= 4 is 17.6 Å². The topological polar surface area (TPSA) is 75.5 Å². The molecule has 7 nitrogen and oxygen atoms in total. The number of alkyl halides is 5. The number of carbonyl (C=O) groups excluding carboxylic acids is 1. The van der Waals surface area contributed by atoms with Crippen molar-refractivity contribution in [1.82, 2.24) is 14.8 Å². The van der Waals surface area contributed by atoms with Gasteiger partial charge in [-0.25, -0.2) is 0 Å². The van der Waals surface area contributed by atoms with Crippen LogP contribution in [0.2, 0.25) is 5.02 Å². The number of hydrogen-bond acceptors (Lipinski definition) is 6. The summed E-state index contributed by atoms with van der Waals surface area (Å²) >= 11 is 6.51. The largest absolute Gasteiger partial charge is 0.495 e. The summed E-state index contributed by atoms with van der Waals surface area (Å²) < 4.78 is 87.7. The molecule has 13 heteroatoms. The average molecular weight is 546 g/mol. The molecule has 0 saturated heterocycles. The Kier molecular flexibility index (Phi) is 7.17. The fourth-order valence-corrected chi connectivity index (χ4v) is 4.41. The molecule has 2 unspecified atom stereocenters. The molecule has 1 aromatic heterocycles. The van der Waals surface area contributed by atoms with E-state index >= 15 is 0 Å². The summed E-state index contributed by atoms with van der Waals surface area (Å²) in [6.45, 7) is 2.20. The second kappa shape index (κ2) is 9.90. The molecule has 0 amide bonds. The number of benzene rings is 2. The minimum absolute atomic E-state index is 0.0342. The predicted octanol–water partition coefficient (Wildman–Crippen LogP) is 6.17. The number of halogens is 6. The van der Waals surface area contributed by atoms with Crippen LogP contribution in [0, 0.1) is 0 Å². The molecular weight excluding hydrogens is 525 g/mol. The van der Waals surface area contributed by atoms with Gasteiger partial charge in [0.15, 0.2) is 5.82 Å². The Balaban J connectivity index is 2.03. The second-order valence-electron chi connectivity index (χ2n) is 8.25. The maximum Gasteiger partial charge on any atom is 0.416 e.